The van der Waals surface area contributed by atoms with Gasteiger partial charge in [-0.3, -0.25) is 0 Å². The second-order valence-electron chi connectivity index (χ2n) is 4.34. The molecular formula is C17H16O2. The van der Waals surface area contributed by atoms with Gasteiger partial charge in [0.05, 0.1) is 0 Å². The van der Waals surface area contributed by atoms with Gasteiger partial charge in [0.15, 0.2) is 6.10 Å². The standard InChI is InChI=1S/C17H16O2/c1-3-16(18)19-17(14-7-5-4-6-8-14)15-11-9-13(2)10-12-15/h3-12,17H,1H2,2H3. The first-order valence-corrected chi connectivity index (χ1v) is 6.15. The van der Waals surface area contributed by atoms with E-state index in [1.54, 1.807) is 0 Å². The van der Waals surface area contributed by atoms with Crippen molar-refractivity contribution in [1.82, 2.24) is 0 Å². The molecule has 0 aliphatic rings. The molecule has 0 aliphatic heterocycles. The lowest BCUT2D eigenvalue weighted by molar-refractivity contribution is -0.141. The zero-order valence-electron chi connectivity index (χ0n) is 10.9. The van der Waals surface area contributed by atoms with E-state index in [2.05, 4.69) is 6.58 Å². The van der Waals surface area contributed by atoms with Crippen LogP contribution < -0.4 is 0 Å². The van der Waals surface area contributed by atoms with Crippen LogP contribution >= 0.6 is 0 Å². The highest BCUT2D eigenvalue weighted by Crippen LogP contribution is 2.26. The van der Waals surface area contributed by atoms with Crippen molar-refractivity contribution in [3.8, 4) is 0 Å². The Morgan fingerprint density at radius 2 is 1.63 bits per heavy atom. The quantitative estimate of drug-likeness (QED) is 0.611. The summed E-state index contributed by atoms with van der Waals surface area (Å²) in [5.74, 6) is -0.422. The third-order valence-electron chi connectivity index (χ3n) is 2.88. The van der Waals surface area contributed by atoms with Crippen molar-refractivity contribution in [2.24, 2.45) is 0 Å². The van der Waals surface area contributed by atoms with E-state index in [-0.39, 0.29) is 0 Å². The van der Waals surface area contributed by atoms with Gasteiger partial charge in [-0.2, -0.15) is 0 Å². The molecule has 1 atom stereocenters. The number of carbonyl (C=O) groups is 1. The van der Waals surface area contributed by atoms with Gasteiger partial charge in [-0.05, 0) is 18.1 Å². The number of hydrogen-bond donors (Lipinski definition) is 0. The van der Waals surface area contributed by atoms with Gasteiger partial charge in [-0.1, -0.05) is 66.7 Å². The Labute approximate surface area is 113 Å². The van der Waals surface area contributed by atoms with E-state index in [1.807, 2.05) is 61.5 Å². The van der Waals surface area contributed by atoms with Crippen LogP contribution in [0.1, 0.15) is 22.8 Å². The van der Waals surface area contributed by atoms with E-state index >= 15 is 0 Å². The summed E-state index contributed by atoms with van der Waals surface area (Å²) in [4.78, 5) is 11.5. The monoisotopic (exact) mass is 252 g/mol. The Bertz CT molecular complexity index is 556. The summed E-state index contributed by atoms with van der Waals surface area (Å²) in [7, 11) is 0. The number of esters is 1. The largest absolute Gasteiger partial charge is 0.449 e. The average molecular weight is 252 g/mol. The minimum absolute atomic E-state index is 0.396. The number of ether oxygens (including phenoxy) is 1. The van der Waals surface area contributed by atoms with Crippen LogP contribution in [0.25, 0.3) is 0 Å². The first-order chi connectivity index (χ1) is 9.20. The molecule has 2 aromatic rings. The number of benzene rings is 2. The van der Waals surface area contributed by atoms with E-state index in [0.29, 0.717) is 0 Å². The molecule has 0 heterocycles. The first kappa shape index (κ1) is 13.1. The van der Waals surface area contributed by atoms with Crippen LogP contribution in [-0.4, -0.2) is 5.97 Å². The molecule has 0 amide bonds. The van der Waals surface area contributed by atoms with E-state index in [1.165, 1.54) is 11.6 Å². The first-order valence-electron chi connectivity index (χ1n) is 6.15. The highest BCUT2D eigenvalue weighted by Gasteiger charge is 2.17. The zero-order valence-corrected chi connectivity index (χ0v) is 10.9. The van der Waals surface area contributed by atoms with Crippen LogP contribution in [0.2, 0.25) is 0 Å². The molecule has 2 heteroatoms. The predicted molar refractivity (Wildman–Crippen MR) is 75.8 cm³/mol. The summed E-state index contributed by atoms with van der Waals surface area (Å²) in [6.07, 6.45) is 0.789. The molecule has 0 fully saturated rings. The van der Waals surface area contributed by atoms with E-state index < -0.39 is 12.1 Å². The maximum absolute atomic E-state index is 11.5. The summed E-state index contributed by atoms with van der Waals surface area (Å²) >= 11 is 0. The molecule has 96 valence electrons. The molecule has 1 unspecified atom stereocenters. The van der Waals surface area contributed by atoms with Crippen molar-refractivity contribution in [3.63, 3.8) is 0 Å². The van der Waals surface area contributed by atoms with Crippen LogP contribution in [0.5, 0.6) is 0 Å². The molecule has 2 rings (SSSR count). The summed E-state index contributed by atoms with van der Waals surface area (Å²) in [6.45, 7) is 5.47. The minimum atomic E-state index is -0.422. The maximum Gasteiger partial charge on any atom is 0.331 e. The molecule has 0 saturated carbocycles. The van der Waals surface area contributed by atoms with Crippen molar-refractivity contribution < 1.29 is 9.53 Å². The molecule has 0 bridgehead atoms. The Morgan fingerprint density at radius 1 is 1.05 bits per heavy atom. The third-order valence-corrected chi connectivity index (χ3v) is 2.88. The van der Waals surface area contributed by atoms with Crippen LogP contribution in [0.15, 0.2) is 67.3 Å². The Kier molecular flexibility index (Phi) is 4.14. The number of rotatable bonds is 4. The second-order valence-corrected chi connectivity index (χ2v) is 4.34. The average Bonchev–Trinajstić information content (AvgIpc) is 2.46. The smallest absolute Gasteiger partial charge is 0.331 e. The number of aryl methyl sites for hydroxylation is 1. The lowest BCUT2D eigenvalue weighted by Gasteiger charge is -2.18. The Hall–Kier alpha value is -2.35. The van der Waals surface area contributed by atoms with Gasteiger partial charge >= 0.3 is 5.97 Å². The van der Waals surface area contributed by atoms with Gasteiger partial charge in [-0.25, -0.2) is 4.79 Å². The lowest BCUT2D eigenvalue weighted by Crippen LogP contribution is -2.10. The van der Waals surface area contributed by atoms with Crippen molar-refractivity contribution in [3.05, 3.63) is 83.9 Å². The minimum Gasteiger partial charge on any atom is -0.449 e. The van der Waals surface area contributed by atoms with E-state index in [0.717, 1.165) is 11.1 Å². The molecule has 0 aliphatic carbocycles. The summed E-state index contributed by atoms with van der Waals surface area (Å²) in [5, 5.41) is 0. The summed E-state index contributed by atoms with van der Waals surface area (Å²) in [6, 6.07) is 17.6. The fraction of sp³-hybridized carbons (Fsp3) is 0.118. The van der Waals surface area contributed by atoms with Crippen molar-refractivity contribution in [1.29, 1.82) is 0 Å². The van der Waals surface area contributed by atoms with Crippen LogP contribution in [0.4, 0.5) is 0 Å². The Morgan fingerprint density at radius 3 is 2.21 bits per heavy atom. The normalized spacial score (nSPS) is 11.6. The highest BCUT2D eigenvalue weighted by molar-refractivity contribution is 5.81. The van der Waals surface area contributed by atoms with Crippen LogP contribution in [-0.2, 0) is 9.53 Å². The fourth-order valence-electron chi connectivity index (χ4n) is 1.86. The number of hydrogen-bond acceptors (Lipinski definition) is 2. The lowest BCUT2D eigenvalue weighted by atomic mass is 10.0. The summed E-state index contributed by atoms with van der Waals surface area (Å²) < 4.78 is 5.45. The van der Waals surface area contributed by atoms with Crippen LogP contribution in [0.3, 0.4) is 0 Å². The maximum atomic E-state index is 11.5. The third kappa shape index (κ3) is 3.32. The highest BCUT2D eigenvalue weighted by atomic mass is 16.5. The van der Waals surface area contributed by atoms with E-state index in [4.69, 9.17) is 4.74 Å². The Balaban J connectivity index is 2.36. The molecule has 0 spiro atoms. The van der Waals surface area contributed by atoms with Gasteiger partial charge in [0.1, 0.15) is 0 Å². The number of carbonyl (C=O) groups excluding carboxylic acids is 1. The molecule has 0 aromatic heterocycles. The van der Waals surface area contributed by atoms with Crippen molar-refractivity contribution >= 4 is 5.97 Å². The molecule has 19 heavy (non-hydrogen) atoms. The van der Waals surface area contributed by atoms with Gasteiger partial charge in [0.2, 0.25) is 0 Å². The molecule has 2 nitrogen and oxygen atoms in total. The SMILES string of the molecule is C=CC(=O)OC(c1ccccc1)c1ccc(C)cc1. The van der Waals surface area contributed by atoms with Gasteiger partial charge in [0, 0.05) is 6.08 Å². The van der Waals surface area contributed by atoms with Gasteiger partial charge < -0.3 is 4.74 Å². The fourth-order valence-corrected chi connectivity index (χ4v) is 1.86. The van der Waals surface area contributed by atoms with Gasteiger partial charge in [0.25, 0.3) is 0 Å². The molecule has 0 N–H and O–H groups in total. The van der Waals surface area contributed by atoms with Gasteiger partial charge in [-0.15, -0.1) is 0 Å². The van der Waals surface area contributed by atoms with Crippen molar-refractivity contribution in [2.45, 2.75) is 13.0 Å². The second kappa shape index (κ2) is 6.01. The predicted octanol–water partition coefficient (Wildman–Crippen LogP) is 3.81. The molecule has 2 aromatic carbocycles. The molecule has 0 radical (unpaired) electrons. The molecular weight excluding hydrogens is 236 g/mol. The van der Waals surface area contributed by atoms with Crippen LogP contribution in [0, 0.1) is 6.92 Å². The van der Waals surface area contributed by atoms with E-state index in [9.17, 15) is 4.79 Å². The summed E-state index contributed by atoms with van der Waals surface area (Å²) in [5.41, 5.74) is 3.07. The van der Waals surface area contributed by atoms with Crippen molar-refractivity contribution in [2.75, 3.05) is 0 Å². The zero-order chi connectivity index (χ0) is 13.7. The molecule has 0 saturated heterocycles. The topological polar surface area (TPSA) is 26.3 Å².